The minimum atomic E-state index is -4.78. The maximum Gasteiger partial charge on any atom is 0.427 e. The van der Waals surface area contributed by atoms with Crippen LogP contribution in [0.2, 0.25) is 0 Å². The molecule has 1 atom stereocenters. The Balaban J connectivity index is 1.77. The van der Waals surface area contributed by atoms with Crippen molar-refractivity contribution in [2.75, 3.05) is 5.09 Å². The summed E-state index contributed by atoms with van der Waals surface area (Å²) in [6.07, 6.45) is 0.00382. The van der Waals surface area contributed by atoms with Crippen molar-refractivity contribution in [2.45, 2.75) is 58.5 Å². The van der Waals surface area contributed by atoms with E-state index in [9.17, 15) is 33.4 Å². The zero-order chi connectivity index (χ0) is 26.9. The van der Waals surface area contributed by atoms with E-state index < -0.39 is 30.7 Å². The lowest BCUT2D eigenvalue weighted by molar-refractivity contribution is -0.172. The van der Waals surface area contributed by atoms with Crippen LogP contribution in [0.25, 0.3) is 22.3 Å². The van der Waals surface area contributed by atoms with Gasteiger partial charge in [-0.05, 0) is 24.1 Å². The van der Waals surface area contributed by atoms with Gasteiger partial charge in [0.15, 0.2) is 5.60 Å². The number of ether oxygens (including phenoxy) is 1. The van der Waals surface area contributed by atoms with Crippen molar-refractivity contribution in [3.63, 3.8) is 0 Å². The largest absolute Gasteiger partial charge is 0.458 e. The van der Waals surface area contributed by atoms with E-state index in [2.05, 4.69) is 10.3 Å². The third-order valence-electron chi connectivity index (χ3n) is 6.85. The summed E-state index contributed by atoms with van der Waals surface area (Å²) >= 11 is 0. The van der Waals surface area contributed by atoms with E-state index in [0.717, 1.165) is 6.07 Å². The first-order valence-corrected chi connectivity index (χ1v) is 13.3. The minimum Gasteiger partial charge on any atom is -0.458 e. The van der Waals surface area contributed by atoms with Crippen LogP contribution in [0.5, 0.6) is 0 Å². The third-order valence-corrected chi connectivity index (χ3v) is 7.38. The van der Waals surface area contributed by atoms with Gasteiger partial charge < -0.3 is 29.5 Å². The van der Waals surface area contributed by atoms with Crippen molar-refractivity contribution in [2.24, 2.45) is 0 Å². The first-order chi connectivity index (χ1) is 17.3. The van der Waals surface area contributed by atoms with Crippen LogP contribution in [0.1, 0.15) is 49.4 Å². The monoisotopic (exact) mass is 532 g/mol. The van der Waals surface area contributed by atoms with E-state index in [1.165, 1.54) is 10.6 Å². The van der Waals surface area contributed by atoms with E-state index in [-0.39, 0.29) is 47.9 Å². The van der Waals surface area contributed by atoms with Crippen LogP contribution in [0, 0.1) is 5.82 Å². The molecule has 37 heavy (non-hydrogen) atoms. The normalized spacial score (nSPS) is 18.5. The van der Waals surface area contributed by atoms with Crippen LogP contribution < -0.4 is 16.0 Å². The molecule has 2 aromatic heterocycles. The fourth-order valence-corrected chi connectivity index (χ4v) is 5.42. The molecule has 0 saturated carbocycles. The van der Waals surface area contributed by atoms with Gasteiger partial charge in [0, 0.05) is 35.2 Å². The van der Waals surface area contributed by atoms with Gasteiger partial charge in [0.25, 0.3) is 5.56 Å². The number of aliphatic hydroxyl groups is 1. The molecule has 3 aromatic rings. The highest BCUT2D eigenvalue weighted by Crippen LogP contribution is 2.42. The summed E-state index contributed by atoms with van der Waals surface area (Å²) in [5.41, 5.74) is -0.0607. The van der Waals surface area contributed by atoms with Crippen LogP contribution in [0.3, 0.4) is 0 Å². The van der Waals surface area contributed by atoms with Gasteiger partial charge in [-0.15, -0.1) is 0 Å². The number of benzene rings is 1. The molecule has 1 aromatic carbocycles. The lowest BCUT2D eigenvalue weighted by atomic mass is 9.86. The summed E-state index contributed by atoms with van der Waals surface area (Å²) in [6, 6.07) is 4.03. The number of nitrogens with zero attached hydrogens (tertiary/aromatic N) is 2. The number of hydrogen-bond donors (Lipinski definition) is 5. The maximum atomic E-state index is 14.8. The molecular formula is C24H26FN4O7P. The van der Waals surface area contributed by atoms with E-state index >= 15 is 0 Å². The number of cyclic esters (lactones) is 1. The van der Waals surface area contributed by atoms with Gasteiger partial charge >= 0.3 is 13.7 Å². The number of nitrogens with one attached hydrogen (secondary N) is 2. The van der Waals surface area contributed by atoms with Crippen LogP contribution in [0.4, 0.5) is 10.1 Å². The molecule has 0 bridgehead atoms. The molecule has 5 N–H and O–H groups in total. The quantitative estimate of drug-likeness (QED) is 0.184. The number of hydrogen-bond acceptors (Lipinski definition) is 7. The molecule has 4 heterocycles. The molecule has 0 fully saturated rings. The Morgan fingerprint density at radius 3 is 2.62 bits per heavy atom. The van der Waals surface area contributed by atoms with E-state index in [1.54, 1.807) is 13.0 Å². The zero-order valence-electron chi connectivity index (χ0n) is 20.3. The summed E-state index contributed by atoms with van der Waals surface area (Å²) in [6.45, 7) is 5.68. The molecule has 0 unspecified atom stereocenters. The van der Waals surface area contributed by atoms with Crippen LogP contribution in [0.15, 0.2) is 23.0 Å². The molecule has 0 spiro atoms. The van der Waals surface area contributed by atoms with Crippen LogP contribution in [-0.4, -0.2) is 36.5 Å². The van der Waals surface area contributed by atoms with Gasteiger partial charge in [-0.1, -0.05) is 20.8 Å². The predicted molar refractivity (Wildman–Crippen MR) is 132 cm³/mol. The number of fused-ring (bicyclic) bond motifs is 5. The summed E-state index contributed by atoms with van der Waals surface area (Å²) < 4.78 is 32.9. The Morgan fingerprint density at radius 1 is 1.24 bits per heavy atom. The van der Waals surface area contributed by atoms with Crippen molar-refractivity contribution in [3.05, 3.63) is 56.6 Å². The molecule has 0 radical (unpaired) electrons. The molecule has 0 amide bonds. The maximum absolute atomic E-state index is 14.8. The number of esters is 1. The molecule has 5 rings (SSSR count). The second-order valence-corrected chi connectivity index (χ2v) is 10.9. The Kier molecular flexibility index (Phi) is 6.00. The smallest absolute Gasteiger partial charge is 0.427 e. The lowest BCUT2D eigenvalue weighted by Gasteiger charge is -2.31. The van der Waals surface area contributed by atoms with Gasteiger partial charge in [-0.25, -0.2) is 18.7 Å². The predicted octanol–water partition coefficient (Wildman–Crippen LogP) is 2.22. The van der Waals surface area contributed by atoms with Gasteiger partial charge in [0.05, 0.1) is 34.7 Å². The Bertz CT molecular complexity index is 1580. The molecule has 196 valence electrons. The average Bonchev–Trinajstić information content (AvgIpc) is 3.18. The van der Waals surface area contributed by atoms with E-state index in [4.69, 9.17) is 4.74 Å². The highest BCUT2D eigenvalue weighted by Gasteiger charge is 2.45. The average molecular weight is 532 g/mol. The van der Waals surface area contributed by atoms with Crippen molar-refractivity contribution < 1.29 is 33.4 Å². The number of anilines is 1. The third kappa shape index (κ3) is 4.14. The second kappa shape index (κ2) is 8.71. The van der Waals surface area contributed by atoms with Crippen molar-refractivity contribution in [1.82, 2.24) is 14.9 Å². The van der Waals surface area contributed by atoms with Gasteiger partial charge in [-0.2, -0.15) is 0 Å². The summed E-state index contributed by atoms with van der Waals surface area (Å²) in [5, 5.41) is 16.7. The van der Waals surface area contributed by atoms with Crippen LogP contribution in [-0.2, 0) is 39.4 Å². The molecule has 13 heteroatoms. The Labute approximate surface area is 210 Å². The lowest BCUT2D eigenvalue weighted by Crippen LogP contribution is -2.44. The summed E-state index contributed by atoms with van der Waals surface area (Å²) in [7, 11) is -4.78. The molecule has 0 saturated heterocycles. The van der Waals surface area contributed by atoms with Crippen molar-refractivity contribution in [1.29, 1.82) is 0 Å². The topological polar surface area (TPSA) is 163 Å². The summed E-state index contributed by atoms with van der Waals surface area (Å²) in [5.74, 6) is -1.74. The zero-order valence-corrected chi connectivity index (χ0v) is 21.2. The number of rotatable bonds is 6. The van der Waals surface area contributed by atoms with E-state index in [1.807, 2.05) is 18.9 Å². The number of carbonyl (C=O) groups excluding carboxylic acids is 1. The number of carbonyl (C=O) groups is 1. The second-order valence-electron chi connectivity index (χ2n) is 9.56. The van der Waals surface area contributed by atoms with Crippen LogP contribution >= 0.6 is 7.75 Å². The fraction of sp³-hybridized carbons (Fsp3) is 0.375. The number of aromatic nitrogens is 2. The van der Waals surface area contributed by atoms with Gasteiger partial charge in [0.1, 0.15) is 12.4 Å². The van der Waals surface area contributed by atoms with Crippen molar-refractivity contribution in [3.8, 4) is 11.4 Å². The fourth-order valence-electron chi connectivity index (χ4n) is 4.93. The van der Waals surface area contributed by atoms with E-state index in [0.29, 0.717) is 34.4 Å². The number of pyridine rings is 2. The standard InChI is InChI=1S/C24H26FN4O7P/c1-4-24(32)16-6-20-21-14(9-29(20)22(30)15(16)10-36-23(24)31)13(8-26-11(2)3)12-5-19(28-37(33,34)35)17(25)7-18(12)27-21/h5-7,11,26,32H,4,8-10H2,1-3H3,(H3,28,33,34,35)/t24-/m0/s1. The number of halogens is 1. The summed E-state index contributed by atoms with van der Waals surface area (Å²) in [4.78, 5) is 49.1. The van der Waals surface area contributed by atoms with Crippen molar-refractivity contribution >= 4 is 30.3 Å². The molecule has 2 aliphatic heterocycles. The molecule has 0 aliphatic carbocycles. The molecular weight excluding hydrogens is 506 g/mol. The Hall–Kier alpha value is -3.15. The first-order valence-electron chi connectivity index (χ1n) is 11.7. The highest BCUT2D eigenvalue weighted by molar-refractivity contribution is 7.53. The first kappa shape index (κ1) is 25.5. The van der Waals surface area contributed by atoms with Gasteiger partial charge in [0.2, 0.25) is 0 Å². The highest BCUT2D eigenvalue weighted by atomic mass is 31.2. The minimum absolute atomic E-state index is 0.00382. The van der Waals surface area contributed by atoms with Gasteiger partial charge in [-0.3, -0.25) is 9.88 Å². The Morgan fingerprint density at radius 2 is 1.97 bits per heavy atom. The molecule has 2 aliphatic rings. The SMILES string of the molecule is CC[C@@]1(O)C(=O)OCc2c1cc1n(c2=O)Cc2c-1nc1cc(F)c(NP(=O)(O)O)cc1c2CNC(C)C. The molecule has 11 nitrogen and oxygen atoms in total.